The van der Waals surface area contributed by atoms with Gasteiger partial charge in [0.15, 0.2) is 5.16 Å². The Morgan fingerprint density at radius 3 is 2.40 bits per heavy atom. The molecule has 2 aromatic carbocycles. The number of aryl methyl sites for hydroxylation is 1. The van der Waals surface area contributed by atoms with Gasteiger partial charge in [0.1, 0.15) is 12.9 Å². The van der Waals surface area contributed by atoms with Gasteiger partial charge in [0.2, 0.25) is 11.8 Å². The number of halogens is 1. The van der Waals surface area contributed by atoms with Gasteiger partial charge in [0.25, 0.3) is 0 Å². The van der Waals surface area contributed by atoms with Gasteiger partial charge in [-0.1, -0.05) is 29.4 Å². The number of thioether (sulfide) groups is 1. The topological polar surface area (TPSA) is 98.1 Å². The molecule has 2 amide bonds. The highest BCUT2D eigenvalue weighted by molar-refractivity contribution is 7.99. The smallest absolute Gasteiger partial charge is 0.250 e. The molecule has 0 radical (unpaired) electrons. The van der Waals surface area contributed by atoms with Crippen molar-refractivity contribution in [1.29, 1.82) is 0 Å². The van der Waals surface area contributed by atoms with Gasteiger partial charge in [-0.15, -0.1) is 10.2 Å². The number of methoxy groups -OCH3 is 1. The third-order valence-corrected chi connectivity index (χ3v) is 5.36. The van der Waals surface area contributed by atoms with Crippen molar-refractivity contribution in [2.24, 2.45) is 0 Å². The number of carbonyl (C=O) groups is 2. The largest absolute Gasteiger partial charge is 0.375 e. The van der Waals surface area contributed by atoms with E-state index < -0.39 is 0 Å². The van der Waals surface area contributed by atoms with Crippen LogP contribution >= 0.6 is 23.4 Å². The van der Waals surface area contributed by atoms with Gasteiger partial charge in [-0.05, 0) is 48.9 Å². The lowest BCUT2D eigenvalue weighted by molar-refractivity contribution is -0.119. The Balaban J connectivity index is 1.56. The van der Waals surface area contributed by atoms with Crippen LogP contribution in [-0.2, 0) is 14.3 Å². The van der Waals surface area contributed by atoms with E-state index in [0.29, 0.717) is 21.6 Å². The number of carbonyl (C=O) groups excluding carboxylic acids is 2. The van der Waals surface area contributed by atoms with Gasteiger partial charge < -0.3 is 15.4 Å². The Morgan fingerprint density at radius 1 is 1.10 bits per heavy atom. The van der Waals surface area contributed by atoms with Crippen LogP contribution in [0, 0.1) is 6.92 Å². The Morgan fingerprint density at radius 2 is 1.77 bits per heavy atom. The zero-order chi connectivity index (χ0) is 21.5. The van der Waals surface area contributed by atoms with Crippen LogP contribution in [0.4, 0.5) is 11.4 Å². The Labute approximate surface area is 183 Å². The van der Waals surface area contributed by atoms with Crippen molar-refractivity contribution in [3.8, 4) is 5.69 Å². The number of benzene rings is 2. The summed E-state index contributed by atoms with van der Waals surface area (Å²) in [6.45, 7) is 1.91. The molecule has 0 aliphatic rings. The summed E-state index contributed by atoms with van der Waals surface area (Å²) in [6.07, 6.45) is 1.58. The van der Waals surface area contributed by atoms with Crippen LogP contribution in [0.1, 0.15) is 5.56 Å². The maximum atomic E-state index is 12.3. The lowest BCUT2D eigenvalue weighted by atomic mass is 10.2. The standard InChI is InChI=1S/C20H20ClN5O3S/c1-13-3-8-16(9-17(13)21)26-12-22-25-20(26)30-11-19(28)24-15-6-4-14(5-7-15)23-18(27)10-29-2/h3-9,12H,10-11H2,1-2H3,(H,23,27)(H,24,28). The molecule has 1 aromatic heterocycles. The maximum absolute atomic E-state index is 12.3. The molecule has 0 aliphatic carbocycles. The fourth-order valence-corrected chi connectivity index (χ4v) is 3.43. The Kier molecular flexibility index (Phi) is 7.45. The summed E-state index contributed by atoms with van der Waals surface area (Å²) in [5, 5.41) is 14.7. The van der Waals surface area contributed by atoms with E-state index in [4.69, 9.17) is 16.3 Å². The average molecular weight is 446 g/mol. The predicted molar refractivity (Wildman–Crippen MR) is 117 cm³/mol. The van der Waals surface area contributed by atoms with Gasteiger partial charge >= 0.3 is 0 Å². The van der Waals surface area contributed by atoms with E-state index in [9.17, 15) is 9.59 Å². The average Bonchev–Trinajstić information content (AvgIpc) is 3.19. The third-order valence-electron chi connectivity index (χ3n) is 4.01. The molecule has 0 atom stereocenters. The zero-order valence-corrected chi connectivity index (χ0v) is 18.0. The second kappa shape index (κ2) is 10.2. The number of hydrogen-bond donors (Lipinski definition) is 2. The van der Waals surface area contributed by atoms with Crippen molar-refractivity contribution >= 4 is 46.6 Å². The van der Waals surface area contributed by atoms with Crippen LogP contribution in [0.2, 0.25) is 5.02 Å². The molecule has 1 heterocycles. The van der Waals surface area contributed by atoms with Crippen LogP contribution in [0.15, 0.2) is 53.9 Å². The molecule has 3 rings (SSSR count). The van der Waals surface area contributed by atoms with E-state index in [0.717, 1.165) is 11.3 Å². The van der Waals surface area contributed by atoms with Gasteiger partial charge in [-0.3, -0.25) is 14.2 Å². The molecule has 10 heteroatoms. The predicted octanol–water partition coefficient (Wildman–Crippen LogP) is 3.54. The molecule has 156 valence electrons. The molecule has 0 fully saturated rings. The minimum absolute atomic E-state index is 0.0187. The summed E-state index contributed by atoms with van der Waals surface area (Å²) in [6, 6.07) is 12.5. The highest BCUT2D eigenvalue weighted by Crippen LogP contribution is 2.24. The molecule has 0 aliphatic heterocycles. The zero-order valence-electron chi connectivity index (χ0n) is 16.4. The SMILES string of the molecule is COCC(=O)Nc1ccc(NC(=O)CSc2nncn2-c2ccc(C)c(Cl)c2)cc1. The van der Waals surface area contributed by atoms with Crippen LogP contribution in [0.5, 0.6) is 0 Å². The summed E-state index contributed by atoms with van der Waals surface area (Å²) < 4.78 is 6.55. The number of ether oxygens (including phenoxy) is 1. The quantitative estimate of drug-likeness (QED) is 0.514. The maximum Gasteiger partial charge on any atom is 0.250 e. The first-order valence-corrected chi connectivity index (χ1v) is 10.3. The van der Waals surface area contributed by atoms with Gasteiger partial charge in [0, 0.05) is 23.5 Å². The number of hydrogen-bond acceptors (Lipinski definition) is 6. The second-order valence-corrected chi connectivity index (χ2v) is 7.66. The molecule has 0 saturated heterocycles. The number of anilines is 2. The van der Waals surface area contributed by atoms with Crippen LogP contribution in [0.25, 0.3) is 5.69 Å². The number of aromatic nitrogens is 3. The molecule has 2 N–H and O–H groups in total. The number of nitrogens with one attached hydrogen (secondary N) is 2. The minimum atomic E-state index is -0.246. The van der Waals surface area contributed by atoms with Crippen molar-refractivity contribution in [1.82, 2.24) is 14.8 Å². The first-order valence-electron chi connectivity index (χ1n) is 8.94. The number of amides is 2. The number of rotatable bonds is 8. The van der Waals surface area contributed by atoms with Crippen LogP contribution < -0.4 is 10.6 Å². The lowest BCUT2D eigenvalue weighted by Gasteiger charge is -2.09. The molecular weight excluding hydrogens is 426 g/mol. The van der Waals surface area contributed by atoms with Crippen molar-refractivity contribution in [2.75, 3.05) is 30.1 Å². The molecule has 8 nitrogen and oxygen atoms in total. The Hall–Kier alpha value is -2.88. The van der Waals surface area contributed by atoms with E-state index in [-0.39, 0.29) is 24.2 Å². The van der Waals surface area contributed by atoms with Crippen molar-refractivity contribution in [3.63, 3.8) is 0 Å². The molecule has 0 bridgehead atoms. The first-order chi connectivity index (χ1) is 14.5. The summed E-state index contributed by atoms with van der Waals surface area (Å²) in [5.41, 5.74) is 3.04. The van der Waals surface area contributed by atoms with Crippen molar-refractivity contribution < 1.29 is 14.3 Å². The normalized spacial score (nSPS) is 10.6. The minimum Gasteiger partial charge on any atom is -0.375 e. The molecule has 3 aromatic rings. The van der Waals surface area contributed by atoms with E-state index in [1.807, 2.05) is 25.1 Å². The van der Waals surface area contributed by atoms with Gasteiger partial charge in [-0.25, -0.2) is 0 Å². The molecule has 30 heavy (non-hydrogen) atoms. The summed E-state index contributed by atoms with van der Waals surface area (Å²) in [4.78, 5) is 23.8. The van der Waals surface area contributed by atoms with Crippen molar-refractivity contribution in [2.45, 2.75) is 12.1 Å². The summed E-state index contributed by atoms with van der Waals surface area (Å²) in [7, 11) is 1.45. The van der Waals surface area contributed by atoms with Crippen LogP contribution in [-0.4, -0.2) is 46.0 Å². The molecule has 0 spiro atoms. The monoisotopic (exact) mass is 445 g/mol. The first kappa shape index (κ1) is 21.8. The Bertz CT molecular complexity index is 1040. The van der Waals surface area contributed by atoms with Gasteiger partial charge in [-0.2, -0.15) is 0 Å². The van der Waals surface area contributed by atoms with Crippen molar-refractivity contribution in [3.05, 3.63) is 59.4 Å². The molecule has 0 unspecified atom stereocenters. The highest BCUT2D eigenvalue weighted by atomic mass is 35.5. The summed E-state index contributed by atoms with van der Waals surface area (Å²) in [5.74, 6) is -0.276. The highest BCUT2D eigenvalue weighted by Gasteiger charge is 2.11. The lowest BCUT2D eigenvalue weighted by Crippen LogP contribution is -2.17. The van der Waals surface area contributed by atoms with Gasteiger partial charge in [0.05, 0.1) is 11.4 Å². The second-order valence-electron chi connectivity index (χ2n) is 6.31. The fraction of sp³-hybridized carbons (Fsp3) is 0.200. The van der Waals surface area contributed by atoms with E-state index in [1.165, 1.54) is 18.9 Å². The molecule has 0 saturated carbocycles. The third kappa shape index (κ3) is 5.82. The fourth-order valence-electron chi connectivity index (χ4n) is 2.52. The molecular formula is C20H20ClN5O3S. The van der Waals surface area contributed by atoms with E-state index in [1.54, 1.807) is 35.2 Å². The summed E-state index contributed by atoms with van der Waals surface area (Å²) >= 11 is 7.47. The number of nitrogens with zero attached hydrogens (tertiary/aromatic N) is 3. The van der Waals surface area contributed by atoms with Crippen LogP contribution in [0.3, 0.4) is 0 Å². The van der Waals surface area contributed by atoms with E-state index >= 15 is 0 Å². The van der Waals surface area contributed by atoms with E-state index in [2.05, 4.69) is 20.8 Å².